The van der Waals surface area contributed by atoms with Gasteiger partial charge >= 0.3 is 0 Å². The average molecular weight is 294 g/mol. The molecule has 1 N–H and O–H groups in total. The van der Waals surface area contributed by atoms with Gasteiger partial charge in [-0.15, -0.1) is 0 Å². The first-order chi connectivity index (χ1) is 10.1. The smallest absolute Gasteiger partial charge is 0.123 e. The Balaban J connectivity index is 2.17. The molecule has 1 aromatic carbocycles. The van der Waals surface area contributed by atoms with E-state index >= 15 is 0 Å². The Labute approximate surface area is 127 Å². The van der Waals surface area contributed by atoms with Crippen molar-refractivity contribution in [1.82, 2.24) is 0 Å². The van der Waals surface area contributed by atoms with E-state index in [4.69, 9.17) is 4.74 Å². The molecule has 0 aliphatic heterocycles. The van der Waals surface area contributed by atoms with E-state index < -0.39 is 11.7 Å². The van der Waals surface area contributed by atoms with Crippen LogP contribution in [0.15, 0.2) is 18.2 Å². The maximum absolute atomic E-state index is 13.4. The second-order valence-corrected chi connectivity index (χ2v) is 6.20. The Bertz CT molecular complexity index is 451. The van der Waals surface area contributed by atoms with Gasteiger partial charge in [-0.3, -0.25) is 0 Å². The molecule has 1 aliphatic carbocycles. The standard InChI is InChI=1S/C18H27FO2/c1-3-21-18(10-6-4-5-7-11-18)17(20)13-15-12-16(19)9-8-14(15)2/h8-9,12,17,20H,3-7,10-11,13H2,1-2H3. The van der Waals surface area contributed by atoms with Crippen LogP contribution in [0.25, 0.3) is 0 Å². The summed E-state index contributed by atoms with van der Waals surface area (Å²) < 4.78 is 19.4. The zero-order valence-corrected chi connectivity index (χ0v) is 13.2. The van der Waals surface area contributed by atoms with Crippen molar-refractivity contribution >= 4 is 0 Å². The highest BCUT2D eigenvalue weighted by atomic mass is 19.1. The van der Waals surface area contributed by atoms with Crippen LogP contribution in [-0.4, -0.2) is 23.4 Å². The fourth-order valence-electron chi connectivity index (χ4n) is 3.44. The fraction of sp³-hybridized carbons (Fsp3) is 0.667. The van der Waals surface area contributed by atoms with Gasteiger partial charge in [0.25, 0.3) is 0 Å². The molecule has 1 unspecified atom stereocenters. The molecule has 0 heterocycles. The largest absolute Gasteiger partial charge is 0.390 e. The van der Waals surface area contributed by atoms with Crippen molar-refractivity contribution in [1.29, 1.82) is 0 Å². The molecule has 1 saturated carbocycles. The summed E-state index contributed by atoms with van der Waals surface area (Å²) >= 11 is 0. The molecule has 0 bridgehead atoms. The summed E-state index contributed by atoms with van der Waals surface area (Å²) in [4.78, 5) is 0. The predicted molar refractivity (Wildman–Crippen MR) is 82.9 cm³/mol. The van der Waals surface area contributed by atoms with Gasteiger partial charge in [-0.1, -0.05) is 31.7 Å². The molecule has 0 spiro atoms. The number of ether oxygens (including phenoxy) is 1. The number of aliphatic hydroxyl groups is 1. The molecule has 118 valence electrons. The van der Waals surface area contributed by atoms with Crippen LogP contribution in [0.4, 0.5) is 4.39 Å². The summed E-state index contributed by atoms with van der Waals surface area (Å²) in [7, 11) is 0. The second kappa shape index (κ2) is 7.37. The molecular weight excluding hydrogens is 267 g/mol. The molecule has 1 aromatic rings. The number of rotatable bonds is 5. The van der Waals surface area contributed by atoms with Gasteiger partial charge in [0.1, 0.15) is 5.82 Å². The molecule has 0 radical (unpaired) electrons. The van der Waals surface area contributed by atoms with E-state index in [9.17, 15) is 9.50 Å². The van der Waals surface area contributed by atoms with Crippen LogP contribution in [0.2, 0.25) is 0 Å². The lowest BCUT2D eigenvalue weighted by molar-refractivity contribution is -0.128. The van der Waals surface area contributed by atoms with Crippen LogP contribution >= 0.6 is 0 Å². The van der Waals surface area contributed by atoms with Crippen molar-refractivity contribution in [3.63, 3.8) is 0 Å². The van der Waals surface area contributed by atoms with E-state index in [1.165, 1.54) is 25.0 Å². The highest BCUT2D eigenvalue weighted by Gasteiger charge is 2.39. The Morgan fingerprint density at radius 1 is 1.24 bits per heavy atom. The van der Waals surface area contributed by atoms with Crippen molar-refractivity contribution in [2.75, 3.05) is 6.61 Å². The number of halogens is 1. The van der Waals surface area contributed by atoms with Gasteiger partial charge in [-0.05, 0) is 49.9 Å². The van der Waals surface area contributed by atoms with Crippen LogP contribution < -0.4 is 0 Å². The zero-order valence-electron chi connectivity index (χ0n) is 13.2. The zero-order chi connectivity index (χ0) is 15.3. The van der Waals surface area contributed by atoms with Crippen molar-refractivity contribution in [2.24, 2.45) is 0 Å². The Kier molecular flexibility index (Phi) is 5.77. The van der Waals surface area contributed by atoms with Gasteiger partial charge in [0.05, 0.1) is 11.7 Å². The van der Waals surface area contributed by atoms with Gasteiger partial charge in [0.2, 0.25) is 0 Å². The molecular formula is C18H27FO2. The van der Waals surface area contributed by atoms with Crippen LogP contribution in [0.5, 0.6) is 0 Å². The van der Waals surface area contributed by atoms with Gasteiger partial charge in [-0.2, -0.15) is 0 Å². The first kappa shape index (κ1) is 16.4. The third-order valence-corrected chi connectivity index (χ3v) is 4.71. The maximum atomic E-state index is 13.4. The molecule has 0 aromatic heterocycles. The first-order valence-electron chi connectivity index (χ1n) is 8.14. The van der Waals surface area contributed by atoms with Gasteiger partial charge in [-0.25, -0.2) is 4.39 Å². The van der Waals surface area contributed by atoms with Crippen LogP contribution in [0.3, 0.4) is 0 Å². The van der Waals surface area contributed by atoms with E-state index in [0.717, 1.165) is 36.8 Å². The molecule has 2 nitrogen and oxygen atoms in total. The van der Waals surface area contributed by atoms with E-state index in [-0.39, 0.29) is 5.82 Å². The van der Waals surface area contributed by atoms with Crippen molar-refractivity contribution in [3.05, 3.63) is 35.1 Å². The van der Waals surface area contributed by atoms with E-state index in [0.29, 0.717) is 13.0 Å². The lowest BCUT2D eigenvalue weighted by Gasteiger charge is -2.37. The third kappa shape index (κ3) is 4.04. The van der Waals surface area contributed by atoms with Crippen LogP contribution in [0, 0.1) is 12.7 Å². The molecule has 1 aliphatic rings. The van der Waals surface area contributed by atoms with Crippen LogP contribution in [0.1, 0.15) is 56.6 Å². The number of aliphatic hydroxyl groups excluding tert-OH is 1. The number of hydrogen-bond donors (Lipinski definition) is 1. The van der Waals surface area contributed by atoms with Crippen molar-refractivity contribution in [2.45, 2.75) is 70.5 Å². The van der Waals surface area contributed by atoms with Crippen molar-refractivity contribution in [3.8, 4) is 0 Å². The minimum atomic E-state index is -0.573. The molecule has 21 heavy (non-hydrogen) atoms. The maximum Gasteiger partial charge on any atom is 0.123 e. The topological polar surface area (TPSA) is 29.5 Å². The molecule has 3 heteroatoms. The monoisotopic (exact) mass is 294 g/mol. The van der Waals surface area contributed by atoms with Gasteiger partial charge in [0, 0.05) is 13.0 Å². The third-order valence-electron chi connectivity index (χ3n) is 4.71. The van der Waals surface area contributed by atoms with Gasteiger partial charge < -0.3 is 9.84 Å². The molecule has 0 amide bonds. The molecule has 0 saturated heterocycles. The second-order valence-electron chi connectivity index (χ2n) is 6.20. The molecule has 2 rings (SSSR count). The Morgan fingerprint density at radius 3 is 2.52 bits per heavy atom. The first-order valence-corrected chi connectivity index (χ1v) is 8.14. The quantitative estimate of drug-likeness (QED) is 0.826. The summed E-state index contributed by atoms with van der Waals surface area (Å²) in [5.74, 6) is -0.242. The number of benzene rings is 1. The minimum absolute atomic E-state index is 0.242. The van der Waals surface area contributed by atoms with E-state index in [1.54, 1.807) is 6.07 Å². The summed E-state index contributed by atoms with van der Waals surface area (Å²) in [6, 6.07) is 4.78. The van der Waals surface area contributed by atoms with E-state index in [2.05, 4.69) is 0 Å². The van der Waals surface area contributed by atoms with E-state index in [1.807, 2.05) is 13.8 Å². The number of hydrogen-bond acceptors (Lipinski definition) is 2. The Hall–Kier alpha value is -0.930. The average Bonchev–Trinajstić information content (AvgIpc) is 2.70. The predicted octanol–water partition coefficient (Wildman–Crippen LogP) is 4.17. The SMILES string of the molecule is CCOC1(C(O)Cc2cc(F)ccc2C)CCCCCC1. The van der Waals surface area contributed by atoms with Gasteiger partial charge in [0.15, 0.2) is 0 Å². The van der Waals surface area contributed by atoms with Crippen LogP contribution in [-0.2, 0) is 11.2 Å². The lowest BCUT2D eigenvalue weighted by Crippen LogP contribution is -2.46. The summed E-state index contributed by atoms with van der Waals surface area (Å²) in [6.45, 7) is 4.55. The number of aryl methyl sites for hydroxylation is 1. The Morgan fingerprint density at radius 2 is 1.90 bits per heavy atom. The molecule has 1 atom stereocenters. The normalized spacial score (nSPS) is 20.0. The summed E-state index contributed by atoms with van der Waals surface area (Å²) in [5, 5.41) is 10.8. The fourth-order valence-corrected chi connectivity index (χ4v) is 3.44. The molecule has 1 fully saturated rings. The summed E-state index contributed by atoms with van der Waals surface area (Å²) in [6.07, 6.45) is 6.30. The highest BCUT2D eigenvalue weighted by Crippen LogP contribution is 2.35. The highest BCUT2D eigenvalue weighted by molar-refractivity contribution is 5.27. The van der Waals surface area contributed by atoms with Crippen molar-refractivity contribution < 1.29 is 14.2 Å². The lowest BCUT2D eigenvalue weighted by atomic mass is 9.84. The minimum Gasteiger partial charge on any atom is -0.390 e. The summed E-state index contributed by atoms with van der Waals surface area (Å²) in [5.41, 5.74) is 1.45.